The van der Waals surface area contributed by atoms with Crippen LogP contribution >= 0.6 is 0 Å². The van der Waals surface area contributed by atoms with Crippen LogP contribution in [-0.2, 0) is 4.74 Å². The van der Waals surface area contributed by atoms with Crippen molar-refractivity contribution in [2.45, 2.75) is 26.4 Å². The summed E-state index contributed by atoms with van der Waals surface area (Å²) in [6, 6.07) is 9.04. The van der Waals surface area contributed by atoms with Gasteiger partial charge in [0.2, 0.25) is 0 Å². The molecule has 2 heterocycles. The van der Waals surface area contributed by atoms with Gasteiger partial charge in [0.05, 0.1) is 5.59 Å². The Bertz CT molecular complexity index is 962. The van der Waals surface area contributed by atoms with Crippen molar-refractivity contribution in [1.82, 2.24) is 9.55 Å². The highest BCUT2D eigenvalue weighted by molar-refractivity contribution is 6.59. The summed E-state index contributed by atoms with van der Waals surface area (Å²) in [5.41, 5.74) is 0.790. The van der Waals surface area contributed by atoms with Crippen LogP contribution in [0.4, 0.5) is 9.18 Å². The molecule has 8 heteroatoms. The van der Waals surface area contributed by atoms with E-state index in [0.717, 1.165) is 4.57 Å². The maximum Gasteiger partial charge on any atom is 0.506 e. The lowest BCUT2D eigenvalue weighted by atomic mass is 9.86. The van der Waals surface area contributed by atoms with Gasteiger partial charge >= 0.3 is 13.2 Å². The Kier molecular flexibility index (Phi) is 4.56. The summed E-state index contributed by atoms with van der Waals surface area (Å²) in [6.45, 7) is 5.13. The molecule has 0 saturated carbocycles. The quantitative estimate of drug-likeness (QED) is 0.689. The summed E-state index contributed by atoms with van der Waals surface area (Å²) < 4.78 is 19.6. The Labute approximate surface area is 150 Å². The third-order valence-electron chi connectivity index (χ3n) is 3.73. The van der Waals surface area contributed by atoms with E-state index in [9.17, 15) is 19.2 Å². The molecule has 2 aromatic heterocycles. The summed E-state index contributed by atoms with van der Waals surface area (Å²) in [4.78, 5) is 16.8. The first-order valence-corrected chi connectivity index (χ1v) is 8.03. The van der Waals surface area contributed by atoms with E-state index in [2.05, 4.69) is 4.98 Å². The molecule has 0 saturated heterocycles. The second kappa shape index (κ2) is 6.55. The van der Waals surface area contributed by atoms with Gasteiger partial charge < -0.3 is 14.8 Å². The van der Waals surface area contributed by atoms with Crippen LogP contribution in [0.5, 0.6) is 0 Å². The third-order valence-corrected chi connectivity index (χ3v) is 3.73. The molecule has 0 radical (unpaired) electrons. The normalized spacial score (nSPS) is 11.6. The standard InChI is InChI=1S/C18H18BFN2O4/c1-18(2,3)26-17(23)22-15(19(24)25)10-14-13(8-9-21-16(14)22)11-4-6-12(20)7-5-11/h4-10,24-25H,1-3H3. The molecule has 0 fully saturated rings. The van der Waals surface area contributed by atoms with Crippen LogP contribution in [0.1, 0.15) is 20.8 Å². The van der Waals surface area contributed by atoms with Gasteiger partial charge in [0, 0.05) is 11.6 Å². The monoisotopic (exact) mass is 356 g/mol. The lowest BCUT2D eigenvalue weighted by Gasteiger charge is -2.20. The number of carbonyl (C=O) groups is 1. The van der Waals surface area contributed by atoms with Crippen molar-refractivity contribution in [2.24, 2.45) is 0 Å². The van der Waals surface area contributed by atoms with Gasteiger partial charge in [-0.2, -0.15) is 0 Å². The zero-order valence-electron chi connectivity index (χ0n) is 14.6. The number of rotatable bonds is 2. The molecule has 2 N–H and O–H groups in total. The first-order chi connectivity index (χ1) is 12.2. The van der Waals surface area contributed by atoms with E-state index >= 15 is 0 Å². The minimum Gasteiger partial charge on any atom is -0.443 e. The molecule has 0 aliphatic carbocycles. The molecule has 134 valence electrons. The highest BCUT2D eigenvalue weighted by atomic mass is 19.1. The zero-order chi connectivity index (χ0) is 19.1. The molecule has 0 atom stereocenters. The molecule has 0 aliphatic rings. The van der Waals surface area contributed by atoms with Crippen molar-refractivity contribution in [1.29, 1.82) is 0 Å². The highest BCUT2D eigenvalue weighted by Gasteiger charge is 2.28. The van der Waals surface area contributed by atoms with Crippen molar-refractivity contribution >= 4 is 29.8 Å². The van der Waals surface area contributed by atoms with Crippen LogP contribution in [0.25, 0.3) is 22.2 Å². The third kappa shape index (κ3) is 3.47. The lowest BCUT2D eigenvalue weighted by Crippen LogP contribution is -2.41. The maximum atomic E-state index is 13.2. The van der Waals surface area contributed by atoms with Crippen LogP contribution in [0.3, 0.4) is 0 Å². The van der Waals surface area contributed by atoms with Gasteiger partial charge in [-0.3, -0.25) is 0 Å². The number of hydrogen-bond donors (Lipinski definition) is 2. The van der Waals surface area contributed by atoms with Gasteiger partial charge in [-0.25, -0.2) is 18.7 Å². The van der Waals surface area contributed by atoms with Crippen LogP contribution < -0.4 is 5.59 Å². The average molecular weight is 356 g/mol. The van der Waals surface area contributed by atoms with Crippen LogP contribution in [0, 0.1) is 5.82 Å². The number of ether oxygens (including phenoxy) is 1. The van der Waals surface area contributed by atoms with Crippen molar-refractivity contribution < 1.29 is 24.0 Å². The molecular weight excluding hydrogens is 338 g/mol. The largest absolute Gasteiger partial charge is 0.506 e. The summed E-state index contributed by atoms with van der Waals surface area (Å²) >= 11 is 0. The Morgan fingerprint density at radius 1 is 1.19 bits per heavy atom. The topological polar surface area (TPSA) is 84.6 Å². The van der Waals surface area contributed by atoms with Gasteiger partial charge in [0.1, 0.15) is 17.1 Å². The Balaban J connectivity index is 2.22. The molecule has 26 heavy (non-hydrogen) atoms. The number of pyridine rings is 1. The average Bonchev–Trinajstić information content (AvgIpc) is 2.94. The van der Waals surface area contributed by atoms with E-state index < -0.39 is 18.8 Å². The molecular formula is C18H18BFN2O4. The number of nitrogens with zero attached hydrogens (tertiary/aromatic N) is 2. The fourth-order valence-corrected chi connectivity index (χ4v) is 2.69. The van der Waals surface area contributed by atoms with E-state index in [1.54, 1.807) is 39.0 Å². The number of carbonyl (C=O) groups excluding carboxylic acids is 1. The second-order valence-electron chi connectivity index (χ2n) is 6.86. The van der Waals surface area contributed by atoms with Gasteiger partial charge in [0.15, 0.2) is 0 Å². The van der Waals surface area contributed by atoms with Crippen LogP contribution in [-0.4, -0.2) is 38.4 Å². The van der Waals surface area contributed by atoms with Gasteiger partial charge in [-0.15, -0.1) is 0 Å². The van der Waals surface area contributed by atoms with Gasteiger partial charge in [-0.05, 0) is 56.2 Å². The van der Waals surface area contributed by atoms with Crippen LogP contribution in [0.2, 0.25) is 0 Å². The fourth-order valence-electron chi connectivity index (χ4n) is 2.69. The van der Waals surface area contributed by atoms with Gasteiger partial charge in [-0.1, -0.05) is 12.1 Å². The first kappa shape index (κ1) is 18.1. The predicted molar refractivity (Wildman–Crippen MR) is 96.6 cm³/mol. The molecule has 3 rings (SSSR count). The van der Waals surface area contributed by atoms with Crippen molar-refractivity contribution in [3.8, 4) is 11.1 Å². The summed E-state index contributed by atoms with van der Waals surface area (Å²) in [6.07, 6.45) is 0.731. The van der Waals surface area contributed by atoms with E-state index in [-0.39, 0.29) is 17.1 Å². The molecule has 3 aromatic rings. The summed E-state index contributed by atoms with van der Waals surface area (Å²) in [5.74, 6) is -0.364. The Morgan fingerprint density at radius 2 is 1.85 bits per heavy atom. The Hall–Kier alpha value is -2.71. The van der Waals surface area contributed by atoms with E-state index in [4.69, 9.17) is 4.74 Å². The summed E-state index contributed by atoms with van der Waals surface area (Å²) in [7, 11) is -1.89. The highest BCUT2D eigenvalue weighted by Crippen LogP contribution is 2.28. The molecule has 0 spiro atoms. The number of fused-ring (bicyclic) bond motifs is 1. The Morgan fingerprint density at radius 3 is 2.42 bits per heavy atom. The first-order valence-electron chi connectivity index (χ1n) is 8.03. The SMILES string of the molecule is CC(C)(C)OC(=O)n1c(B(O)O)cc2c(-c3ccc(F)cc3)ccnc21. The number of aromatic nitrogens is 2. The molecule has 0 unspecified atom stereocenters. The lowest BCUT2D eigenvalue weighted by molar-refractivity contribution is 0.0547. The smallest absolute Gasteiger partial charge is 0.443 e. The number of halogens is 1. The zero-order valence-corrected chi connectivity index (χ0v) is 14.6. The number of hydrogen-bond acceptors (Lipinski definition) is 5. The molecule has 0 aliphatic heterocycles. The predicted octanol–water partition coefficient (Wildman–Crippen LogP) is 2.31. The molecule has 1 aromatic carbocycles. The fraction of sp³-hybridized carbons (Fsp3) is 0.222. The number of benzene rings is 1. The van der Waals surface area contributed by atoms with Gasteiger partial charge in [0.25, 0.3) is 0 Å². The molecule has 0 bridgehead atoms. The van der Waals surface area contributed by atoms with Crippen LogP contribution in [0.15, 0.2) is 42.6 Å². The summed E-state index contributed by atoms with van der Waals surface area (Å²) in [5, 5.41) is 19.9. The minimum absolute atomic E-state index is 0.0590. The van der Waals surface area contributed by atoms with Crippen molar-refractivity contribution in [3.05, 3.63) is 48.4 Å². The molecule has 6 nitrogen and oxygen atoms in total. The second-order valence-corrected chi connectivity index (χ2v) is 6.86. The van der Waals surface area contributed by atoms with Crippen molar-refractivity contribution in [3.63, 3.8) is 0 Å². The van der Waals surface area contributed by atoms with E-state index in [1.807, 2.05) is 0 Å². The van der Waals surface area contributed by atoms with Crippen molar-refractivity contribution in [2.75, 3.05) is 0 Å². The molecule has 0 amide bonds. The van der Waals surface area contributed by atoms with E-state index in [0.29, 0.717) is 16.5 Å². The minimum atomic E-state index is -1.89. The van der Waals surface area contributed by atoms with E-state index in [1.165, 1.54) is 24.4 Å². The maximum absolute atomic E-state index is 13.2.